The van der Waals surface area contributed by atoms with Crippen LogP contribution in [0.1, 0.15) is 5.56 Å². The van der Waals surface area contributed by atoms with Gasteiger partial charge in [0.1, 0.15) is 0 Å². The van der Waals surface area contributed by atoms with Crippen molar-refractivity contribution in [2.75, 3.05) is 4.90 Å². The summed E-state index contributed by atoms with van der Waals surface area (Å²) in [6.07, 6.45) is 3.82. The van der Waals surface area contributed by atoms with Gasteiger partial charge in [-0.25, -0.2) is 0 Å². The number of pyridine rings is 1. The van der Waals surface area contributed by atoms with E-state index in [4.69, 9.17) is 0 Å². The third-order valence-electron chi connectivity index (χ3n) is 10.2. The van der Waals surface area contributed by atoms with Gasteiger partial charge in [0.15, 0.2) is 0 Å². The van der Waals surface area contributed by atoms with Crippen molar-refractivity contribution in [3.8, 4) is 27.9 Å². The molecule has 0 aliphatic heterocycles. The molecule has 3 aromatic heterocycles. The first-order chi connectivity index (χ1) is 25.7. The highest BCUT2D eigenvalue weighted by molar-refractivity contribution is 7.25. The zero-order valence-electron chi connectivity index (χ0n) is 28.6. The number of thiophene rings is 1. The normalized spacial score (nSPS) is 11.6. The van der Waals surface area contributed by atoms with E-state index in [-0.39, 0.29) is 0 Å². The summed E-state index contributed by atoms with van der Waals surface area (Å²) in [4.78, 5) is 6.84. The van der Waals surface area contributed by atoms with Crippen LogP contribution < -0.4 is 4.90 Å². The van der Waals surface area contributed by atoms with Gasteiger partial charge < -0.3 is 9.47 Å². The average Bonchev–Trinajstić information content (AvgIpc) is 3.74. The van der Waals surface area contributed by atoms with E-state index in [1.54, 1.807) is 0 Å². The predicted molar refractivity (Wildman–Crippen MR) is 222 cm³/mol. The molecule has 0 N–H and O–H groups in total. The molecule has 0 fully saturated rings. The monoisotopic (exact) mass is 683 g/mol. The number of para-hydroxylation sites is 1. The van der Waals surface area contributed by atoms with Crippen LogP contribution in [-0.2, 0) is 0 Å². The Morgan fingerprint density at radius 3 is 1.83 bits per heavy atom. The summed E-state index contributed by atoms with van der Waals surface area (Å²) < 4.78 is 4.94. The van der Waals surface area contributed by atoms with Crippen molar-refractivity contribution < 1.29 is 0 Å². The molecule has 0 radical (unpaired) electrons. The van der Waals surface area contributed by atoms with Gasteiger partial charge in [0.05, 0.1) is 22.9 Å². The van der Waals surface area contributed by atoms with Gasteiger partial charge in [-0.15, -0.1) is 11.3 Å². The predicted octanol–water partition coefficient (Wildman–Crippen LogP) is 13.7. The Morgan fingerprint density at radius 2 is 1.06 bits per heavy atom. The molecule has 4 heteroatoms. The number of benzene rings is 7. The molecule has 0 amide bonds. The third kappa shape index (κ3) is 5.07. The van der Waals surface area contributed by atoms with Crippen molar-refractivity contribution in [1.29, 1.82) is 0 Å². The fourth-order valence-electron chi connectivity index (χ4n) is 7.64. The van der Waals surface area contributed by atoms with Gasteiger partial charge in [-0.2, -0.15) is 0 Å². The number of aryl methyl sites for hydroxylation is 1. The highest BCUT2D eigenvalue weighted by Crippen LogP contribution is 2.42. The van der Waals surface area contributed by atoms with Gasteiger partial charge in [-0.3, -0.25) is 4.98 Å². The number of anilines is 3. The lowest BCUT2D eigenvalue weighted by Crippen LogP contribution is -2.09. The number of nitrogens with zero attached hydrogens (tertiary/aromatic N) is 3. The molecular weight excluding hydrogens is 651 g/mol. The second-order valence-corrected chi connectivity index (χ2v) is 14.4. The fraction of sp³-hybridized carbons (Fsp3) is 0.0208. The Hall–Kier alpha value is -6.49. The summed E-state index contributed by atoms with van der Waals surface area (Å²) in [6.45, 7) is 2.15. The van der Waals surface area contributed by atoms with Crippen LogP contribution in [-0.4, -0.2) is 9.55 Å². The summed E-state index contributed by atoms with van der Waals surface area (Å²) in [5, 5.41) is 5.08. The van der Waals surface area contributed by atoms with E-state index >= 15 is 0 Å². The lowest BCUT2D eigenvalue weighted by atomic mass is 10.0. The molecule has 0 spiro atoms. The van der Waals surface area contributed by atoms with Crippen LogP contribution in [0.5, 0.6) is 0 Å². The fourth-order valence-corrected chi connectivity index (χ4v) is 8.78. The smallest absolute Gasteiger partial charge is 0.0674 e. The van der Waals surface area contributed by atoms with Crippen LogP contribution >= 0.6 is 11.3 Å². The Bertz CT molecular complexity index is 2900. The van der Waals surface area contributed by atoms with Crippen LogP contribution in [0.2, 0.25) is 0 Å². The maximum absolute atomic E-state index is 4.46. The van der Waals surface area contributed by atoms with Gasteiger partial charge in [0, 0.05) is 54.2 Å². The van der Waals surface area contributed by atoms with Crippen molar-refractivity contribution in [1.82, 2.24) is 9.55 Å². The van der Waals surface area contributed by atoms with Gasteiger partial charge >= 0.3 is 0 Å². The summed E-state index contributed by atoms with van der Waals surface area (Å²) in [5.41, 5.74) is 12.8. The minimum Gasteiger partial charge on any atom is -0.310 e. The van der Waals surface area contributed by atoms with E-state index in [9.17, 15) is 0 Å². The molecule has 246 valence electrons. The molecule has 0 saturated heterocycles. The Balaban J connectivity index is 1.07. The van der Waals surface area contributed by atoms with E-state index in [1.165, 1.54) is 69.8 Å². The highest BCUT2D eigenvalue weighted by Gasteiger charge is 2.17. The minimum atomic E-state index is 1.11. The number of hydrogen-bond donors (Lipinski definition) is 0. The summed E-state index contributed by atoms with van der Waals surface area (Å²) in [7, 11) is 0. The molecule has 0 aliphatic carbocycles. The summed E-state index contributed by atoms with van der Waals surface area (Å²) in [5.74, 6) is 0. The molecule has 3 heterocycles. The van der Waals surface area contributed by atoms with E-state index in [0.717, 1.165) is 22.7 Å². The van der Waals surface area contributed by atoms with Crippen LogP contribution in [0.25, 0.3) is 69.9 Å². The molecule has 7 aromatic carbocycles. The maximum atomic E-state index is 4.46. The lowest BCUT2D eigenvalue weighted by Gasteiger charge is -2.26. The van der Waals surface area contributed by atoms with Crippen molar-refractivity contribution in [2.24, 2.45) is 0 Å². The molecule has 10 aromatic rings. The summed E-state index contributed by atoms with van der Waals surface area (Å²) in [6, 6.07) is 61.7. The molecule has 10 rings (SSSR count). The van der Waals surface area contributed by atoms with Gasteiger partial charge in [-0.1, -0.05) is 103 Å². The van der Waals surface area contributed by atoms with Crippen LogP contribution in [0, 0.1) is 6.92 Å². The highest BCUT2D eigenvalue weighted by atomic mass is 32.1. The lowest BCUT2D eigenvalue weighted by molar-refractivity contribution is 1.11. The topological polar surface area (TPSA) is 21.1 Å². The van der Waals surface area contributed by atoms with E-state index in [0.29, 0.717) is 0 Å². The van der Waals surface area contributed by atoms with E-state index < -0.39 is 0 Å². The van der Waals surface area contributed by atoms with Crippen LogP contribution in [0.4, 0.5) is 17.1 Å². The third-order valence-corrected chi connectivity index (χ3v) is 11.4. The molecule has 0 aliphatic rings. The number of hydrogen-bond acceptors (Lipinski definition) is 3. The first kappa shape index (κ1) is 30.3. The quantitative estimate of drug-likeness (QED) is 0.174. The Morgan fingerprint density at radius 1 is 0.462 bits per heavy atom. The standard InChI is InChI=1S/C48H33N3S/c1-32-27-28-49-31-46(32)51-44-13-7-5-11-40(44)43-29-36(19-26-45(43)51)35-17-22-38(23-18-35)50(37-20-15-34(16-21-37)33-9-3-2-4-10-33)39-24-25-42-41-12-6-8-14-47(41)52-48(42)30-39/h2-31H,1H3. The second kappa shape index (κ2) is 12.4. The maximum Gasteiger partial charge on any atom is 0.0674 e. The largest absolute Gasteiger partial charge is 0.310 e. The Labute approximate surface area is 306 Å². The van der Waals surface area contributed by atoms with Gasteiger partial charge in [0.25, 0.3) is 0 Å². The molecule has 0 unspecified atom stereocenters. The SMILES string of the molecule is Cc1ccncc1-n1c2ccccc2c2cc(-c3ccc(N(c4ccc(-c5ccccc5)cc4)c4ccc5c(c4)sc4ccccc45)cc3)ccc21. The van der Waals surface area contributed by atoms with Crippen LogP contribution in [0.3, 0.4) is 0 Å². The number of aromatic nitrogens is 2. The molecule has 0 atom stereocenters. The molecular formula is C48H33N3S. The van der Waals surface area contributed by atoms with Gasteiger partial charge in [-0.05, 0) is 101 Å². The number of rotatable bonds is 6. The molecule has 3 nitrogen and oxygen atoms in total. The summed E-state index contributed by atoms with van der Waals surface area (Å²) >= 11 is 1.85. The minimum absolute atomic E-state index is 1.11. The van der Waals surface area contributed by atoms with Gasteiger partial charge in [0.2, 0.25) is 0 Å². The first-order valence-corrected chi connectivity index (χ1v) is 18.4. The number of fused-ring (bicyclic) bond motifs is 6. The molecule has 0 saturated carbocycles. The van der Waals surface area contributed by atoms with Crippen molar-refractivity contribution in [2.45, 2.75) is 6.92 Å². The zero-order chi connectivity index (χ0) is 34.6. The van der Waals surface area contributed by atoms with Crippen molar-refractivity contribution in [3.63, 3.8) is 0 Å². The Kier molecular flexibility index (Phi) is 7.22. The second-order valence-electron chi connectivity index (χ2n) is 13.3. The first-order valence-electron chi connectivity index (χ1n) is 17.6. The van der Waals surface area contributed by atoms with E-state index in [1.807, 2.05) is 23.7 Å². The average molecular weight is 684 g/mol. The van der Waals surface area contributed by atoms with Crippen molar-refractivity contribution in [3.05, 3.63) is 188 Å². The van der Waals surface area contributed by atoms with Crippen LogP contribution in [0.15, 0.2) is 182 Å². The van der Waals surface area contributed by atoms with Crippen molar-refractivity contribution >= 4 is 70.4 Å². The molecule has 52 heavy (non-hydrogen) atoms. The molecule has 0 bridgehead atoms. The van der Waals surface area contributed by atoms with E-state index in [2.05, 4.69) is 191 Å². The zero-order valence-corrected chi connectivity index (χ0v) is 29.4.